The summed E-state index contributed by atoms with van der Waals surface area (Å²) in [5.74, 6) is 1.29. The van der Waals surface area contributed by atoms with E-state index in [0.717, 1.165) is 24.2 Å². The summed E-state index contributed by atoms with van der Waals surface area (Å²) in [5, 5.41) is 14.3. The van der Waals surface area contributed by atoms with Crippen molar-refractivity contribution in [1.29, 1.82) is 0 Å². The smallest absolute Gasteiger partial charge is 0.292 e. The number of ether oxygens (including phenoxy) is 1. The number of hydrogen-bond donors (Lipinski definition) is 1. The summed E-state index contributed by atoms with van der Waals surface area (Å²) >= 11 is 0. The van der Waals surface area contributed by atoms with Crippen LogP contribution in [0.4, 0.5) is 0 Å². The molecule has 1 saturated heterocycles. The van der Waals surface area contributed by atoms with E-state index >= 15 is 0 Å². The first-order valence-electron chi connectivity index (χ1n) is 8.62. The van der Waals surface area contributed by atoms with Gasteiger partial charge in [0.25, 0.3) is 5.91 Å². The van der Waals surface area contributed by atoms with Crippen molar-refractivity contribution in [1.82, 2.24) is 10.1 Å². The average molecular weight is 344 g/mol. The lowest BCUT2D eigenvalue weighted by Crippen LogP contribution is -2.38. The second-order valence-corrected chi connectivity index (χ2v) is 6.65. The van der Waals surface area contributed by atoms with Crippen LogP contribution in [0.25, 0.3) is 11.3 Å². The Morgan fingerprint density at radius 1 is 1.32 bits per heavy atom. The van der Waals surface area contributed by atoms with E-state index in [-0.39, 0.29) is 11.7 Å². The molecule has 3 rings (SSSR count). The molecule has 1 aromatic heterocycles. The Balaban J connectivity index is 1.92. The van der Waals surface area contributed by atoms with Crippen molar-refractivity contribution >= 4 is 5.91 Å². The van der Waals surface area contributed by atoms with Gasteiger partial charge in [-0.3, -0.25) is 4.79 Å². The highest BCUT2D eigenvalue weighted by Gasteiger charge is 2.31. The molecule has 1 unspecified atom stereocenters. The Labute approximate surface area is 147 Å². The molecule has 0 aliphatic carbocycles. The minimum Gasteiger partial charge on any atom is -0.497 e. The number of amides is 1. The summed E-state index contributed by atoms with van der Waals surface area (Å²) in [6.45, 7) is 5.23. The van der Waals surface area contributed by atoms with Crippen LogP contribution >= 0.6 is 0 Å². The van der Waals surface area contributed by atoms with E-state index in [0.29, 0.717) is 30.3 Å². The molecule has 1 fully saturated rings. The number of benzene rings is 1. The zero-order valence-corrected chi connectivity index (χ0v) is 14.9. The van der Waals surface area contributed by atoms with E-state index < -0.39 is 6.10 Å². The third-order valence-electron chi connectivity index (χ3n) is 4.77. The lowest BCUT2D eigenvalue weighted by molar-refractivity contribution is 0.0647. The topological polar surface area (TPSA) is 75.8 Å². The van der Waals surface area contributed by atoms with Gasteiger partial charge in [-0.25, -0.2) is 0 Å². The summed E-state index contributed by atoms with van der Waals surface area (Å²) in [6.07, 6.45) is 1.11. The first-order chi connectivity index (χ1) is 12.0. The van der Waals surface area contributed by atoms with E-state index in [9.17, 15) is 9.90 Å². The Kier molecular flexibility index (Phi) is 5.08. The van der Waals surface area contributed by atoms with Crippen LogP contribution in [0.5, 0.6) is 5.75 Å². The molecule has 2 heterocycles. The van der Waals surface area contributed by atoms with E-state index in [1.54, 1.807) is 18.9 Å². The normalized spacial score (nSPS) is 16.7. The highest BCUT2D eigenvalue weighted by Crippen LogP contribution is 2.32. The molecule has 1 aliphatic heterocycles. The van der Waals surface area contributed by atoms with Gasteiger partial charge in [-0.15, -0.1) is 0 Å². The molecule has 1 atom stereocenters. The van der Waals surface area contributed by atoms with Crippen LogP contribution in [-0.2, 0) is 0 Å². The first kappa shape index (κ1) is 17.5. The third-order valence-corrected chi connectivity index (χ3v) is 4.77. The molecule has 1 aliphatic rings. The van der Waals surface area contributed by atoms with Crippen LogP contribution in [0.3, 0.4) is 0 Å². The van der Waals surface area contributed by atoms with Crippen molar-refractivity contribution in [3.63, 3.8) is 0 Å². The standard InChI is InChI=1S/C19H24N2O4/c1-12-8-10-21(11-9-12)19(23)18-16(13(2)22)17(20-25-18)14-4-6-15(24-3)7-5-14/h4-7,12-13,22H,8-11H2,1-3H3. The Bertz CT molecular complexity index is 728. The molecule has 0 radical (unpaired) electrons. The molecule has 6 nitrogen and oxygen atoms in total. The predicted molar refractivity (Wildman–Crippen MR) is 93.4 cm³/mol. The highest BCUT2D eigenvalue weighted by molar-refractivity contribution is 5.94. The zero-order chi connectivity index (χ0) is 18.0. The number of rotatable bonds is 4. The molecular weight excluding hydrogens is 320 g/mol. The minimum atomic E-state index is -0.856. The van der Waals surface area contributed by atoms with Crippen LogP contribution in [0, 0.1) is 5.92 Å². The second-order valence-electron chi connectivity index (χ2n) is 6.65. The van der Waals surface area contributed by atoms with Crippen LogP contribution < -0.4 is 4.74 Å². The average Bonchev–Trinajstić information content (AvgIpc) is 3.07. The number of aliphatic hydroxyl groups is 1. The van der Waals surface area contributed by atoms with E-state index in [4.69, 9.17) is 9.26 Å². The quantitative estimate of drug-likeness (QED) is 0.921. The maximum atomic E-state index is 12.8. The predicted octanol–water partition coefficient (Wildman–Crippen LogP) is 3.28. The number of methoxy groups -OCH3 is 1. The number of piperidine rings is 1. The van der Waals surface area contributed by atoms with Gasteiger partial charge in [0.15, 0.2) is 0 Å². The van der Waals surface area contributed by atoms with Crippen molar-refractivity contribution in [3.05, 3.63) is 35.6 Å². The highest BCUT2D eigenvalue weighted by atomic mass is 16.5. The SMILES string of the molecule is COc1ccc(-c2noc(C(=O)N3CCC(C)CC3)c2C(C)O)cc1. The van der Waals surface area contributed by atoms with Crippen LogP contribution in [0.2, 0.25) is 0 Å². The summed E-state index contributed by atoms with van der Waals surface area (Å²) in [5.41, 5.74) is 1.70. The number of aromatic nitrogens is 1. The van der Waals surface area contributed by atoms with Gasteiger partial charge in [-0.1, -0.05) is 12.1 Å². The first-order valence-corrected chi connectivity index (χ1v) is 8.62. The largest absolute Gasteiger partial charge is 0.497 e. The van der Waals surface area contributed by atoms with Crippen molar-refractivity contribution in [2.75, 3.05) is 20.2 Å². The van der Waals surface area contributed by atoms with Gasteiger partial charge in [0.2, 0.25) is 5.76 Å². The fourth-order valence-corrected chi connectivity index (χ4v) is 3.15. The monoisotopic (exact) mass is 344 g/mol. The molecule has 0 bridgehead atoms. The van der Waals surface area contributed by atoms with E-state index in [1.807, 2.05) is 24.3 Å². The molecule has 6 heteroatoms. The van der Waals surface area contributed by atoms with Crippen molar-refractivity contribution in [2.24, 2.45) is 5.92 Å². The molecule has 1 amide bonds. The molecule has 25 heavy (non-hydrogen) atoms. The molecule has 0 saturated carbocycles. The molecular formula is C19H24N2O4. The number of nitrogens with zero attached hydrogens (tertiary/aromatic N) is 2. The van der Waals surface area contributed by atoms with E-state index in [1.165, 1.54) is 0 Å². The maximum absolute atomic E-state index is 12.8. The molecule has 0 spiro atoms. The number of aliphatic hydroxyl groups excluding tert-OH is 1. The molecule has 1 N–H and O–H groups in total. The van der Waals surface area contributed by atoms with E-state index in [2.05, 4.69) is 12.1 Å². The lowest BCUT2D eigenvalue weighted by atomic mass is 9.98. The van der Waals surface area contributed by atoms with Crippen LogP contribution in [-0.4, -0.2) is 41.3 Å². The van der Waals surface area contributed by atoms with Crippen LogP contribution in [0.15, 0.2) is 28.8 Å². The zero-order valence-electron chi connectivity index (χ0n) is 14.9. The van der Waals surface area contributed by atoms with Gasteiger partial charge in [0.1, 0.15) is 11.4 Å². The van der Waals surface area contributed by atoms with Crippen molar-refractivity contribution in [2.45, 2.75) is 32.8 Å². The Hall–Kier alpha value is -2.34. The summed E-state index contributed by atoms with van der Waals surface area (Å²) in [4.78, 5) is 14.6. The number of carbonyl (C=O) groups is 1. The third kappa shape index (κ3) is 3.54. The van der Waals surface area contributed by atoms with Gasteiger partial charge >= 0.3 is 0 Å². The summed E-state index contributed by atoms with van der Waals surface area (Å²) in [6, 6.07) is 7.28. The van der Waals surface area contributed by atoms with Gasteiger partial charge in [0, 0.05) is 18.7 Å². The van der Waals surface area contributed by atoms with Crippen molar-refractivity contribution in [3.8, 4) is 17.0 Å². The minimum absolute atomic E-state index is 0.135. The van der Waals surface area contributed by atoms with Gasteiger partial charge < -0.3 is 19.3 Å². The fraction of sp³-hybridized carbons (Fsp3) is 0.474. The fourth-order valence-electron chi connectivity index (χ4n) is 3.15. The maximum Gasteiger partial charge on any atom is 0.292 e. The van der Waals surface area contributed by atoms with Gasteiger partial charge in [-0.2, -0.15) is 0 Å². The van der Waals surface area contributed by atoms with Gasteiger partial charge in [0.05, 0.1) is 18.8 Å². The lowest BCUT2D eigenvalue weighted by Gasteiger charge is -2.29. The van der Waals surface area contributed by atoms with Crippen molar-refractivity contribution < 1.29 is 19.2 Å². The summed E-state index contributed by atoms with van der Waals surface area (Å²) in [7, 11) is 1.60. The van der Waals surface area contributed by atoms with Gasteiger partial charge in [-0.05, 0) is 49.9 Å². The Morgan fingerprint density at radius 2 is 1.96 bits per heavy atom. The molecule has 134 valence electrons. The number of carbonyl (C=O) groups excluding carboxylic acids is 1. The molecule has 2 aromatic rings. The van der Waals surface area contributed by atoms with Crippen LogP contribution in [0.1, 0.15) is 48.9 Å². The molecule has 1 aromatic carbocycles. The Morgan fingerprint density at radius 3 is 2.52 bits per heavy atom. The second kappa shape index (κ2) is 7.27. The number of hydrogen-bond acceptors (Lipinski definition) is 5. The number of likely N-dealkylation sites (tertiary alicyclic amines) is 1. The summed E-state index contributed by atoms with van der Waals surface area (Å²) < 4.78 is 10.5.